The van der Waals surface area contributed by atoms with Gasteiger partial charge in [0.25, 0.3) is 14.9 Å². The van der Waals surface area contributed by atoms with Gasteiger partial charge in [-0.3, -0.25) is 5.43 Å². The van der Waals surface area contributed by atoms with Gasteiger partial charge in [-0.1, -0.05) is 11.6 Å². The van der Waals surface area contributed by atoms with Crippen LogP contribution in [-0.4, -0.2) is 17.8 Å². The second kappa shape index (κ2) is 6.75. The molecular weight excluding hydrogens is 358 g/mol. The number of aromatic nitrogens is 1. The minimum absolute atomic E-state index is 0.0792. The van der Waals surface area contributed by atoms with E-state index in [1.165, 1.54) is 6.07 Å². The lowest BCUT2D eigenvalue weighted by molar-refractivity contribution is 0.605. The molecule has 0 aliphatic rings. The zero-order valence-corrected chi connectivity index (χ0v) is 14.0. The minimum atomic E-state index is -4.27. The fourth-order valence-electron chi connectivity index (χ4n) is 1.54. The van der Waals surface area contributed by atoms with Crippen molar-refractivity contribution in [2.45, 2.75) is 11.9 Å². The van der Waals surface area contributed by atoms with Crippen LogP contribution in [0.1, 0.15) is 10.4 Å². The largest absolute Gasteiger partial charge is 0.277 e. The lowest BCUT2D eigenvalue weighted by atomic mass is 10.3. The van der Waals surface area contributed by atoms with Gasteiger partial charge in [0.2, 0.25) is 0 Å². The lowest BCUT2D eigenvalue weighted by Gasteiger charge is -2.02. The molecule has 23 heavy (non-hydrogen) atoms. The molecule has 0 atom stereocenters. The number of aryl methyl sites for hydroxylation is 1. The number of nitriles is 2. The molecule has 0 saturated carbocycles. The highest BCUT2D eigenvalue weighted by Gasteiger charge is 2.30. The van der Waals surface area contributed by atoms with Gasteiger partial charge in [0.05, 0.1) is 5.69 Å². The van der Waals surface area contributed by atoms with Crippen molar-refractivity contribution in [2.75, 3.05) is 5.43 Å². The van der Waals surface area contributed by atoms with Gasteiger partial charge in [-0.25, -0.2) is 8.42 Å². The number of nitrogens with one attached hydrogen (secondary N) is 1. The first kappa shape index (κ1) is 16.9. The molecule has 10 heteroatoms. The summed E-state index contributed by atoms with van der Waals surface area (Å²) in [5.41, 5.74) is 2.84. The molecule has 0 radical (unpaired) electrons. The molecule has 0 saturated heterocycles. The standard InChI is InChI=1S/C13H8ClN5O2S2/c1-8-11(6-15)13(19-22-8)23(20,21)12(7-16)18-17-10-4-2-9(14)3-5-10/h2-5,17H,1H3/b18-12-. The van der Waals surface area contributed by atoms with E-state index in [2.05, 4.69) is 14.9 Å². The van der Waals surface area contributed by atoms with Crippen molar-refractivity contribution < 1.29 is 8.42 Å². The number of benzene rings is 1. The summed E-state index contributed by atoms with van der Waals surface area (Å²) >= 11 is 6.62. The lowest BCUT2D eigenvalue weighted by Crippen LogP contribution is -2.16. The van der Waals surface area contributed by atoms with E-state index in [1.807, 2.05) is 0 Å². The third-order valence-electron chi connectivity index (χ3n) is 2.68. The van der Waals surface area contributed by atoms with Crippen LogP contribution in [0.3, 0.4) is 0 Å². The fourth-order valence-corrected chi connectivity index (χ4v) is 3.71. The van der Waals surface area contributed by atoms with Crippen LogP contribution in [0.4, 0.5) is 5.69 Å². The van der Waals surface area contributed by atoms with Crippen LogP contribution in [0.25, 0.3) is 0 Å². The van der Waals surface area contributed by atoms with Gasteiger partial charge in [0, 0.05) is 9.90 Å². The Hall–Kier alpha value is -2.46. The van der Waals surface area contributed by atoms with Crippen molar-refractivity contribution >= 4 is 43.7 Å². The van der Waals surface area contributed by atoms with E-state index in [0.717, 1.165) is 11.5 Å². The number of hydrazone groups is 1. The molecule has 2 rings (SSSR count). The first-order valence-electron chi connectivity index (χ1n) is 6.01. The van der Waals surface area contributed by atoms with Crippen LogP contribution >= 0.6 is 23.1 Å². The topological polar surface area (TPSA) is 119 Å². The Morgan fingerprint density at radius 2 is 2.00 bits per heavy atom. The molecular formula is C13H8ClN5O2S2. The molecule has 1 heterocycles. The number of rotatable bonds is 3. The SMILES string of the molecule is Cc1snc(S(=O)(=O)/C(C#N)=N\Nc2ccc(Cl)cc2)c1C#N. The monoisotopic (exact) mass is 365 g/mol. The summed E-state index contributed by atoms with van der Waals surface area (Å²) in [7, 11) is -4.27. The second-order valence-corrected chi connectivity index (χ2v) is 7.38. The van der Waals surface area contributed by atoms with Crippen molar-refractivity contribution in [3.05, 3.63) is 39.7 Å². The average Bonchev–Trinajstić information content (AvgIpc) is 2.91. The number of sulfone groups is 1. The van der Waals surface area contributed by atoms with Crippen molar-refractivity contribution in [1.82, 2.24) is 4.37 Å². The van der Waals surface area contributed by atoms with E-state index in [4.69, 9.17) is 22.1 Å². The molecule has 0 aliphatic carbocycles. The predicted molar refractivity (Wildman–Crippen MR) is 86.9 cm³/mol. The molecule has 116 valence electrons. The molecule has 1 aromatic carbocycles. The van der Waals surface area contributed by atoms with Gasteiger partial charge >= 0.3 is 0 Å². The average molecular weight is 366 g/mol. The van der Waals surface area contributed by atoms with Gasteiger partial charge < -0.3 is 0 Å². The molecule has 2 aromatic rings. The fraction of sp³-hybridized carbons (Fsp3) is 0.0769. The molecule has 0 spiro atoms. The van der Waals surface area contributed by atoms with E-state index in [0.29, 0.717) is 15.6 Å². The first-order chi connectivity index (χ1) is 10.9. The summed E-state index contributed by atoms with van der Waals surface area (Å²) in [6.07, 6.45) is 0. The van der Waals surface area contributed by atoms with Crippen molar-refractivity contribution in [3.8, 4) is 12.1 Å². The van der Waals surface area contributed by atoms with Crippen LogP contribution in [0.2, 0.25) is 5.02 Å². The van der Waals surface area contributed by atoms with Crippen LogP contribution in [0, 0.1) is 29.6 Å². The Morgan fingerprint density at radius 1 is 1.35 bits per heavy atom. The molecule has 1 aromatic heterocycles. The molecule has 0 amide bonds. The maximum atomic E-state index is 12.4. The Labute approximate surface area is 141 Å². The Morgan fingerprint density at radius 3 is 2.57 bits per heavy atom. The highest BCUT2D eigenvalue weighted by molar-refractivity contribution is 8.07. The van der Waals surface area contributed by atoms with E-state index >= 15 is 0 Å². The molecule has 0 aliphatic heterocycles. The van der Waals surface area contributed by atoms with Crippen LogP contribution in [0.15, 0.2) is 34.4 Å². The Bertz CT molecular complexity index is 950. The Balaban J connectivity index is 2.40. The smallest absolute Gasteiger partial charge is 0.258 e. The summed E-state index contributed by atoms with van der Waals surface area (Å²) in [6.45, 7) is 1.57. The second-order valence-electron chi connectivity index (χ2n) is 4.18. The molecule has 1 N–H and O–H groups in total. The van der Waals surface area contributed by atoms with Crippen LogP contribution in [-0.2, 0) is 9.84 Å². The Kier molecular flexibility index (Phi) is 4.96. The zero-order valence-electron chi connectivity index (χ0n) is 11.6. The van der Waals surface area contributed by atoms with E-state index in [9.17, 15) is 8.42 Å². The number of nitrogens with zero attached hydrogens (tertiary/aromatic N) is 4. The van der Waals surface area contributed by atoms with Crippen LogP contribution in [0.5, 0.6) is 0 Å². The number of hydrogen-bond acceptors (Lipinski definition) is 8. The maximum absolute atomic E-state index is 12.4. The third-order valence-corrected chi connectivity index (χ3v) is 5.29. The van der Waals surface area contributed by atoms with Crippen molar-refractivity contribution in [2.24, 2.45) is 5.10 Å². The first-order valence-corrected chi connectivity index (χ1v) is 8.64. The third kappa shape index (κ3) is 3.48. The summed E-state index contributed by atoms with van der Waals surface area (Å²) in [5, 5.41) is 21.0. The molecule has 0 fully saturated rings. The summed E-state index contributed by atoms with van der Waals surface area (Å²) < 4.78 is 28.6. The summed E-state index contributed by atoms with van der Waals surface area (Å²) in [6, 6.07) is 9.59. The highest BCUT2D eigenvalue weighted by atomic mass is 35.5. The summed E-state index contributed by atoms with van der Waals surface area (Å²) in [4.78, 5) is 0.453. The van der Waals surface area contributed by atoms with Gasteiger partial charge in [-0.15, -0.1) is 0 Å². The van der Waals surface area contributed by atoms with Crippen molar-refractivity contribution in [3.63, 3.8) is 0 Å². The number of anilines is 1. The zero-order chi connectivity index (χ0) is 17.0. The van der Waals surface area contributed by atoms with Gasteiger partial charge in [0.15, 0.2) is 5.03 Å². The van der Waals surface area contributed by atoms with Crippen molar-refractivity contribution in [1.29, 1.82) is 10.5 Å². The normalized spacial score (nSPS) is 11.6. The summed E-state index contributed by atoms with van der Waals surface area (Å²) in [5.74, 6) is 0. The van der Waals surface area contributed by atoms with E-state index in [-0.39, 0.29) is 5.56 Å². The maximum Gasteiger partial charge on any atom is 0.258 e. The van der Waals surface area contributed by atoms with Gasteiger partial charge in [-0.05, 0) is 42.7 Å². The number of hydrogen-bond donors (Lipinski definition) is 1. The van der Waals surface area contributed by atoms with Crippen LogP contribution < -0.4 is 5.43 Å². The molecule has 0 unspecified atom stereocenters. The van der Waals surface area contributed by atoms with E-state index in [1.54, 1.807) is 37.3 Å². The van der Waals surface area contributed by atoms with Gasteiger partial charge in [0.1, 0.15) is 17.7 Å². The minimum Gasteiger partial charge on any atom is -0.277 e. The quantitative estimate of drug-likeness (QED) is 0.507. The number of halogens is 1. The molecule has 7 nitrogen and oxygen atoms in total. The molecule has 0 bridgehead atoms. The van der Waals surface area contributed by atoms with E-state index < -0.39 is 19.9 Å². The predicted octanol–water partition coefficient (Wildman–Crippen LogP) is 2.70. The highest BCUT2D eigenvalue weighted by Crippen LogP contribution is 2.23. The van der Waals surface area contributed by atoms with Gasteiger partial charge in [-0.2, -0.15) is 20.0 Å².